The monoisotopic (exact) mass is 342 g/mol. The van der Waals surface area contributed by atoms with Crippen molar-refractivity contribution < 1.29 is 4.92 Å². The van der Waals surface area contributed by atoms with E-state index in [1.54, 1.807) is 0 Å². The van der Waals surface area contributed by atoms with Gasteiger partial charge in [-0.15, -0.1) is 0 Å². The van der Waals surface area contributed by atoms with Crippen molar-refractivity contribution in [2.24, 2.45) is 0 Å². The number of hydrogen-bond donors (Lipinski definition) is 0. The lowest BCUT2D eigenvalue weighted by Gasteiger charge is -2.14. The van der Waals surface area contributed by atoms with E-state index < -0.39 is 0 Å². The van der Waals surface area contributed by atoms with Gasteiger partial charge in [-0.1, -0.05) is 66.7 Å². The number of aromatic nitrogens is 1. The molecule has 1 aromatic heterocycles. The Morgan fingerprint density at radius 3 is 2.35 bits per heavy atom. The summed E-state index contributed by atoms with van der Waals surface area (Å²) in [6.45, 7) is -0.104. The summed E-state index contributed by atoms with van der Waals surface area (Å²) in [5, 5.41) is 14.6. The Morgan fingerprint density at radius 2 is 1.54 bits per heavy atom. The van der Waals surface area contributed by atoms with E-state index in [9.17, 15) is 10.1 Å². The Morgan fingerprint density at radius 1 is 0.846 bits per heavy atom. The van der Waals surface area contributed by atoms with E-state index in [0.717, 1.165) is 32.9 Å². The fourth-order valence-corrected chi connectivity index (χ4v) is 3.40. The SMILES string of the molecule is O=[N+]([O-])CC(Cc1ccc2ccccc2n1)c1ccc2ccccc2c1. The Bertz CT molecular complexity index is 1090. The molecular formula is C22H18N2O2. The second kappa shape index (κ2) is 6.92. The van der Waals surface area contributed by atoms with Crippen LogP contribution in [0, 0.1) is 10.1 Å². The molecule has 0 N–H and O–H groups in total. The number of fused-ring (bicyclic) bond motifs is 2. The molecule has 0 amide bonds. The third-order valence-corrected chi connectivity index (χ3v) is 4.73. The average Bonchev–Trinajstić information content (AvgIpc) is 2.66. The van der Waals surface area contributed by atoms with Gasteiger partial charge in [0, 0.05) is 22.4 Å². The second-order valence-corrected chi connectivity index (χ2v) is 6.52. The molecule has 3 aromatic carbocycles. The van der Waals surface area contributed by atoms with Gasteiger partial charge in [-0.3, -0.25) is 15.1 Å². The van der Waals surface area contributed by atoms with Crippen LogP contribution in [-0.2, 0) is 6.42 Å². The smallest absolute Gasteiger partial charge is 0.211 e. The van der Waals surface area contributed by atoms with Crippen LogP contribution in [0.3, 0.4) is 0 Å². The van der Waals surface area contributed by atoms with E-state index in [0.29, 0.717) is 6.42 Å². The molecule has 0 aliphatic heterocycles. The Balaban J connectivity index is 1.69. The van der Waals surface area contributed by atoms with Crippen LogP contribution in [0.2, 0.25) is 0 Å². The molecule has 0 saturated carbocycles. The molecule has 4 rings (SSSR count). The van der Waals surface area contributed by atoms with Crippen molar-refractivity contribution in [2.75, 3.05) is 6.54 Å². The van der Waals surface area contributed by atoms with Crippen molar-refractivity contribution in [1.82, 2.24) is 4.98 Å². The fourth-order valence-electron chi connectivity index (χ4n) is 3.40. The molecule has 4 aromatic rings. The summed E-state index contributed by atoms with van der Waals surface area (Å²) in [6, 6.07) is 26.1. The second-order valence-electron chi connectivity index (χ2n) is 6.52. The fraction of sp³-hybridized carbons (Fsp3) is 0.136. The van der Waals surface area contributed by atoms with Crippen LogP contribution >= 0.6 is 0 Å². The van der Waals surface area contributed by atoms with Gasteiger partial charge in [0.25, 0.3) is 0 Å². The molecular weight excluding hydrogens is 324 g/mol. The molecule has 128 valence electrons. The first-order chi connectivity index (χ1) is 12.7. The van der Waals surface area contributed by atoms with Gasteiger partial charge in [-0.25, -0.2) is 0 Å². The van der Waals surface area contributed by atoms with E-state index in [2.05, 4.69) is 11.1 Å². The summed E-state index contributed by atoms with van der Waals surface area (Å²) in [7, 11) is 0. The predicted octanol–water partition coefficient (Wildman–Crippen LogP) is 4.99. The number of para-hydroxylation sites is 1. The first-order valence-electron chi connectivity index (χ1n) is 8.64. The molecule has 1 unspecified atom stereocenters. The van der Waals surface area contributed by atoms with Crippen molar-refractivity contribution in [2.45, 2.75) is 12.3 Å². The van der Waals surface area contributed by atoms with Crippen LogP contribution in [-0.4, -0.2) is 16.5 Å². The van der Waals surface area contributed by atoms with Gasteiger partial charge in [0.1, 0.15) is 0 Å². The lowest BCUT2D eigenvalue weighted by atomic mass is 9.92. The largest absolute Gasteiger partial charge is 0.265 e. The summed E-state index contributed by atoms with van der Waals surface area (Å²) >= 11 is 0. The van der Waals surface area contributed by atoms with Gasteiger partial charge in [-0.05, 0) is 28.5 Å². The van der Waals surface area contributed by atoms with Crippen molar-refractivity contribution in [3.63, 3.8) is 0 Å². The lowest BCUT2D eigenvalue weighted by molar-refractivity contribution is -0.483. The van der Waals surface area contributed by atoms with Crippen molar-refractivity contribution in [3.05, 3.63) is 100 Å². The molecule has 0 radical (unpaired) electrons. The lowest BCUT2D eigenvalue weighted by Crippen LogP contribution is -2.15. The zero-order valence-corrected chi connectivity index (χ0v) is 14.2. The van der Waals surface area contributed by atoms with E-state index in [1.807, 2.05) is 72.8 Å². The zero-order chi connectivity index (χ0) is 17.9. The maximum absolute atomic E-state index is 11.2. The van der Waals surface area contributed by atoms with Gasteiger partial charge in [-0.2, -0.15) is 0 Å². The van der Waals surface area contributed by atoms with E-state index in [1.165, 1.54) is 0 Å². The number of nitrogens with zero attached hydrogens (tertiary/aromatic N) is 2. The summed E-state index contributed by atoms with van der Waals surface area (Å²) in [4.78, 5) is 15.7. The first-order valence-corrected chi connectivity index (χ1v) is 8.64. The molecule has 0 aliphatic rings. The van der Waals surface area contributed by atoms with Crippen LogP contribution in [0.1, 0.15) is 17.2 Å². The number of benzene rings is 3. The van der Waals surface area contributed by atoms with E-state index >= 15 is 0 Å². The molecule has 0 saturated heterocycles. The Labute approximate surface area is 151 Å². The van der Waals surface area contributed by atoms with Crippen LogP contribution in [0.15, 0.2) is 78.9 Å². The minimum atomic E-state index is -0.235. The maximum Gasteiger partial charge on any atom is 0.211 e. The highest BCUT2D eigenvalue weighted by Gasteiger charge is 2.19. The van der Waals surface area contributed by atoms with Crippen LogP contribution in [0.5, 0.6) is 0 Å². The summed E-state index contributed by atoms with van der Waals surface area (Å²) in [6.07, 6.45) is 0.546. The molecule has 4 heteroatoms. The molecule has 0 spiro atoms. The van der Waals surface area contributed by atoms with Gasteiger partial charge >= 0.3 is 0 Å². The minimum Gasteiger partial charge on any atom is -0.265 e. The van der Waals surface area contributed by atoms with Gasteiger partial charge < -0.3 is 0 Å². The van der Waals surface area contributed by atoms with Crippen molar-refractivity contribution in [1.29, 1.82) is 0 Å². The van der Waals surface area contributed by atoms with Crippen LogP contribution in [0.4, 0.5) is 0 Å². The van der Waals surface area contributed by atoms with Crippen molar-refractivity contribution >= 4 is 21.7 Å². The number of pyridine rings is 1. The molecule has 4 nitrogen and oxygen atoms in total. The zero-order valence-electron chi connectivity index (χ0n) is 14.2. The molecule has 0 fully saturated rings. The highest BCUT2D eigenvalue weighted by molar-refractivity contribution is 5.83. The number of nitro groups is 1. The number of rotatable bonds is 5. The standard InChI is InChI=1S/C22H18N2O2/c25-24(26)15-20(19-10-9-16-5-1-2-7-18(16)13-19)14-21-12-11-17-6-3-4-8-22(17)23-21/h1-13,20H,14-15H2. The van der Waals surface area contributed by atoms with Crippen molar-refractivity contribution in [3.8, 4) is 0 Å². The number of hydrogen-bond acceptors (Lipinski definition) is 3. The molecule has 1 heterocycles. The van der Waals surface area contributed by atoms with Gasteiger partial charge in [0.15, 0.2) is 0 Å². The minimum absolute atomic E-state index is 0.104. The van der Waals surface area contributed by atoms with Crippen LogP contribution in [0.25, 0.3) is 21.7 Å². The highest BCUT2D eigenvalue weighted by Crippen LogP contribution is 2.25. The molecule has 1 atom stereocenters. The Kier molecular flexibility index (Phi) is 4.32. The highest BCUT2D eigenvalue weighted by atomic mass is 16.6. The van der Waals surface area contributed by atoms with Gasteiger partial charge in [0.05, 0.1) is 11.4 Å². The molecule has 0 aliphatic carbocycles. The quantitative estimate of drug-likeness (QED) is 0.379. The third kappa shape index (κ3) is 3.40. The first kappa shape index (κ1) is 16.2. The topological polar surface area (TPSA) is 56.0 Å². The summed E-state index contributed by atoms with van der Waals surface area (Å²) in [5.41, 5.74) is 2.78. The summed E-state index contributed by atoms with van der Waals surface area (Å²) < 4.78 is 0. The normalized spacial score (nSPS) is 12.3. The Hall–Kier alpha value is -3.27. The molecule has 26 heavy (non-hydrogen) atoms. The van der Waals surface area contributed by atoms with Crippen LogP contribution < -0.4 is 0 Å². The summed E-state index contributed by atoms with van der Waals surface area (Å²) in [5.74, 6) is -0.205. The van der Waals surface area contributed by atoms with E-state index in [4.69, 9.17) is 0 Å². The maximum atomic E-state index is 11.2. The average molecular weight is 342 g/mol. The molecule has 0 bridgehead atoms. The van der Waals surface area contributed by atoms with E-state index in [-0.39, 0.29) is 17.4 Å². The third-order valence-electron chi connectivity index (χ3n) is 4.73. The van der Waals surface area contributed by atoms with Gasteiger partial charge in [0.2, 0.25) is 6.54 Å². The predicted molar refractivity (Wildman–Crippen MR) is 104 cm³/mol.